The van der Waals surface area contributed by atoms with Crippen molar-refractivity contribution in [2.75, 3.05) is 0 Å². The van der Waals surface area contributed by atoms with Crippen LogP contribution in [0.4, 0.5) is 0 Å². The first-order chi connectivity index (χ1) is 19.3. The van der Waals surface area contributed by atoms with Crippen molar-refractivity contribution in [2.24, 2.45) is 0 Å². The Labute approximate surface area is 250 Å². The third kappa shape index (κ3) is 6.53. The lowest BCUT2D eigenvalue weighted by molar-refractivity contribution is 1.12. The standard InChI is InChI=1S/C36H44N2Si3/c1-39(2,3)25-29-21-15-23-31(37-29)35-33(27-17-11-9-12-18-27)34(28-19-13-10-14-20-28)36(41(35,7)8)32-24-16-22-30(38-32)26-40(4,5)6/h9-24H,25-26H2,1-8H3. The van der Waals surface area contributed by atoms with E-state index in [0.29, 0.717) is 0 Å². The molecule has 3 heterocycles. The van der Waals surface area contributed by atoms with E-state index >= 15 is 0 Å². The van der Waals surface area contributed by atoms with Crippen LogP contribution in [-0.4, -0.2) is 34.2 Å². The maximum absolute atomic E-state index is 5.40. The first-order valence-corrected chi connectivity index (χ1v) is 25.3. The first kappa shape index (κ1) is 29.4. The molecule has 5 rings (SSSR count). The minimum absolute atomic E-state index is 1.09. The van der Waals surface area contributed by atoms with E-state index in [2.05, 4.69) is 149 Å². The van der Waals surface area contributed by atoms with Gasteiger partial charge in [0.1, 0.15) is 8.07 Å². The zero-order chi connectivity index (χ0) is 29.4. The minimum Gasteiger partial charge on any atom is -0.254 e. The van der Waals surface area contributed by atoms with Crippen molar-refractivity contribution in [3.8, 4) is 0 Å². The highest BCUT2D eigenvalue weighted by molar-refractivity contribution is 7.13. The number of benzene rings is 2. The van der Waals surface area contributed by atoms with Gasteiger partial charge in [0.2, 0.25) is 0 Å². The lowest BCUT2D eigenvalue weighted by Gasteiger charge is -2.26. The molecule has 2 aromatic carbocycles. The number of hydrogen-bond donors (Lipinski definition) is 0. The molecule has 0 radical (unpaired) electrons. The maximum atomic E-state index is 5.40. The van der Waals surface area contributed by atoms with Crippen LogP contribution < -0.4 is 0 Å². The fourth-order valence-corrected chi connectivity index (χ4v) is 12.4. The summed E-state index contributed by atoms with van der Waals surface area (Å²) in [5, 5.41) is 2.85. The second-order valence-corrected chi connectivity index (χ2v) is 29.6. The van der Waals surface area contributed by atoms with Gasteiger partial charge in [-0.25, -0.2) is 0 Å². The molecule has 0 spiro atoms. The van der Waals surface area contributed by atoms with Gasteiger partial charge in [0.15, 0.2) is 0 Å². The van der Waals surface area contributed by atoms with Crippen molar-refractivity contribution in [1.82, 2.24) is 9.97 Å². The van der Waals surface area contributed by atoms with Crippen molar-refractivity contribution >= 4 is 45.8 Å². The number of pyridine rings is 2. The predicted molar refractivity (Wildman–Crippen MR) is 187 cm³/mol. The summed E-state index contributed by atoms with van der Waals surface area (Å²) < 4.78 is 0. The third-order valence-electron chi connectivity index (χ3n) is 7.67. The highest BCUT2D eigenvalue weighted by atomic mass is 28.3. The molecule has 210 valence electrons. The van der Waals surface area contributed by atoms with Crippen LogP contribution in [-0.2, 0) is 12.1 Å². The molecule has 0 amide bonds. The van der Waals surface area contributed by atoms with E-state index < -0.39 is 24.2 Å². The average molecular weight is 589 g/mol. The van der Waals surface area contributed by atoms with Gasteiger partial charge in [-0.15, -0.1) is 0 Å². The molecule has 4 aromatic rings. The number of rotatable bonds is 8. The van der Waals surface area contributed by atoms with Crippen LogP contribution >= 0.6 is 0 Å². The van der Waals surface area contributed by atoms with Gasteiger partial charge in [0.05, 0.1) is 27.5 Å². The Kier molecular flexibility index (Phi) is 8.07. The van der Waals surface area contributed by atoms with Crippen LogP contribution in [0, 0.1) is 0 Å². The molecule has 0 saturated carbocycles. The predicted octanol–water partition coefficient (Wildman–Crippen LogP) is 9.64. The van der Waals surface area contributed by atoms with Gasteiger partial charge >= 0.3 is 0 Å². The molecule has 2 nitrogen and oxygen atoms in total. The fraction of sp³-hybridized carbons (Fsp3) is 0.278. The zero-order valence-corrected chi connectivity index (χ0v) is 29.0. The monoisotopic (exact) mass is 588 g/mol. The van der Waals surface area contributed by atoms with Crippen LogP contribution in [0.5, 0.6) is 0 Å². The Balaban J connectivity index is 1.82. The first-order valence-electron chi connectivity index (χ1n) is 14.9. The molecule has 0 aliphatic carbocycles. The summed E-state index contributed by atoms with van der Waals surface area (Å²) in [6.45, 7) is 19.6. The zero-order valence-electron chi connectivity index (χ0n) is 26.0. The van der Waals surface area contributed by atoms with Gasteiger partial charge < -0.3 is 0 Å². The molecule has 1 aliphatic rings. The van der Waals surface area contributed by atoms with E-state index in [0.717, 1.165) is 23.5 Å². The average Bonchev–Trinajstić information content (AvgIpc) is 3.15. The van der Waals surface area contributed by atoms with Crippen molar-refractivity contribution in [2.45, 2.75) is 64.5 Å². The Morgan fingerprint density at radius 2 is 0.854 bits per heavy atom. The molecule has 0 N–H and O–H groups in total. The molecule has 0 atom stereocenters. The fourth-order valence-electron chi connectivity index (χ4n) is 6.20. The second kappa shape index (κ2) is 11.3. The summed E-state index contributed by atoms with van der Waals surface area (Å²) >= 11 is 0. The lowest BCUT2D eigenvalue weighted by Crippen LogP contribution is -2.30. The Bertz CT molecular complexity index is 1490. The van der Waals surface area contributed by atoms with Crippen LogP contribution in [0.3, 0.4) is 0 Å². The normalized spacial score (nSPS) is 15.5. The highest BCUT2D eigenvalue weighted by Crippen LogP contribution is 2.55. The van der Waals surface area contributed by atoms with Crippen LogP contribution in [0.15, 0.2) is 97.1 Å². The van der Waals surface area contributed by atoms with Crippen molar-refractivity contribution in [3.05, 3.63) is 131 Å². The van der Waals surface area contributed by atoms with E-state index in [1.165, 1.54) is 44.1 Å². The molecular weight excluding hydrogens is 545 g/mol. The summed E-state index contributed by atoms with van der Waals surface area (Å²) in [6, 6.07) is 37.5. The van der Waals surface area contributed by atoms with E-state index in [9.17, 15) is 0 Å². The third-order valence-corrected chi connectivity index (χ3v) is 14.0. The van der Waals surface area contributed by atoms with Gasteiger partial charge in [-0.05, 0) is 69.0 Å². The van der Waals surface area contributed by atoms with Gasteiger partial charge in [-0.2, -0.15) is 0 Å². The van der Waals surface area contributed by atoms with Crippen LogP contribution in [0.25, 0.3) is 21.5 Å². The van der Waals surface area contributed by atoms with Gasteiger partial charge in [-0.1, -0.05) is 125 Å². The summed E-state index contributed by atoms with van der Waals surface area (Å²) in [7, 11) is -4.92. The molecule has 0 fully saturated rings. The van der Waals surface area contributed by atoms with Crippen molar-refractivity contribution < 1.29 is 0 Å². The molecule has 0 bridgehead atoms. The number of aromatic nitrogens is 2. The number of allylic oxidation sites excluding steroid dienone is 2. The van der Waals surface area contributed by atoms with Crippen molar-refractivity contribution in [3.63, 3.8) is 0 Å². The number of nitrogens with zero attached hydrogens (tertiary/aromatic N) is 2. The van der Waals surface area contributed by atoms with Gasteiger partial charge in [0.25, 0.3) is 0 Å². The van der Waals surface area contributed by atoms with Gasteiger partial charge in [-0.3, -0.25) is 9.97 Å². The summed E-state index contributed by atoms with van der Waals surface area (Å²) in [5.74, 6) is 0. The van der Waals surface area contributed by atoms with Crippen molar-refractivity contribution in [1.29, 1.82) is 0 Å². The SMILES string of the molecule is C[Si](C)(C)Cc1cccc(C2=C(c3ccccc3)C(c3ccccc3)=C(c3cccc(C[Si](C)(C)C)n3)[Si]2(C)C)n1. The van der Waals surface area contributed by atoms with Crippen LogP contribution in [0.1, 0.15) is 33.9 Å². The van der Waals surface area contributed by atoms with E-state index in [1.807, 2.05) is 0 Å². The van der Waals surface area contributed by atoms with E-state index in [1.54, 1.807) is 0 Å². The smallest absolute Gasteiger partial charge is 0.119 e. The minimum atomic E-state index is -2.28. The molecular formula is C36H44N2Si3. The number of hydrogen-bond acceptors (Lipinski definition) is 2. The maximum Gasteiger partial charge on any atom is 0.119 e. The largest absolute Gasteiger partial charge is 0.254 e. The quantitative estimate of drug-likeness (QED) is 0.192. The molecule has 0 unspecified atom stereocenters. The highest BCUT2D eigenvalue weighted by Gasteiger charge is 2.45. The second-order valence-electron chi connectivity index (χ2n) is 14.4. The molecule has 1 aliphatic heterocycles. The Morgan fingerprint density at radius 1 is 0.488 bits per heavy atom. The van der Waals surface area contributed by atoms with Crippen LogP contribution in [0.2, 0.25) is 52.4 Å². The molecule has 2 aromatic heterocycles. The Hall–Kier alpha value is -3.13. The summed E-state index contributed by atoms with van der Waals surface area (Å²) in [4.78, 5) is 10.8. The molecule has 0 saturated heterocycles. The van der Waals surface area contributed by atoms with E-state index in [-0.39, 0.29) is 0 Å². The summed E-state index contributed by atoms with van der Waals surface area (Å²) in [5.41, 5.74) is 9.89. The Morgan fingerprint density at radius 3 is 1.20 bits per heavy atom. The molecule has 41 heavy (non-hydrogen) atoms. The van der Waals surface area contributed by atoms with E-state index in [4.69, 9.17) is 9.97 Å². The summed E-state index contributed by atoms with van der Waals surface area (Å²) in [6.07, 6.45) is 0. The lowest BCUT2D eigenvalue weighted by atomic mass is 9.90. The topological polar surface area (TPSA) is 25.8 Å². The molecule has 5 heteroatoms. The van der Waals surface area contributed by atoms with Gasteiger partial charge in [0, 0.05) is 11.4 Å².